The van der Waals surface area contributed by atoms with Crippen LogP contribution in [0.25, 0.3) is 0 Å². The third kappa shape index (κ3) is 2.89. The van der Waals surface area contributed by atoms with Crippen LogP contribution >= 0.6 is 11.6 Å². The van der Waals surface area contributed by atoms with Crippen LogP contribution in [0.1, 0.15) is 10.4 Å². The predicted molar refractivity (Wildman–Crippen MR) is 69.3 cm³/mol. The second-order valence-corrected chi connectivity index (χ2v) is 5.28. The molecule has 2 N–H and O–H groups in total. The fraction of sp³-hybridized carbons (Fsp3) is 0.364. The summed E-state index contributed by atoms with van der Waals surface area (Å²) in [5.74, 6) is -0.139. The zero-order chi connectivity index (χ0) is 13.1. The molecule has 7 heteroatoms. The van der Waals surface area contributed by atoms with E-state index in [2.05, 4.69) is 5.32 Å². The summed E-state index contributed by atoms with van der Waals surface area (Å²) < 4.78 is 20.1. The Morgan fingerprint density at radius 2 is 2.06 bits per heavy atom. The smallest absolute Gasteiger partial charge is 0.253 e. The van der Waals surface area contributed by atoms with E-state index in [0.717, 1.165) is 13.1 Å². The van der Waals surface area contributed by atoms with Crippen molar-refractivity contribution in [2.24, 2.45) is 0 Å². The average Bonchev–Trinajstić information content (AvgIpc) is 2.39. The molecule has 1 unspecified atom stereocenters. The van der Waals surface area contributed by atoms with E-state index in [-0.39, 0.29) is 15.8 Å². The van der Waals surface area contributed by atoms with Gasteiger partial charge in [0.1, 0.15) is 0 Å². The average molecular weight is 289 g/mol. The minimum Gasteiger partial charge on any atom is -0.336 e. The molecule has 1 atom stereocenters. The lowest BCUT2D eigenvalue weighted by atomic mass is 10.2. The number of hydrogen-bond donors (Lipinski definition) is 2. The minimum atomic E-state index is -2.19. The Bertz CT molecular complexity index is 489. The molecule has 1 heterocycles. The third-order valence-corrected chi connectivity index (χ3v) is 3.93. The van der Waals surface area contributed by atoms with Crippen LogP contribution in [0, 0.1) is 0 Å². The fourth-order valence-corrected chi connectivity index (χ4v) is 2.60. The highest BCUT2D eigenvalue weighted by Gasteiger charge is 2.19. The van der Waals surface area contributed by atoms with Gasteiger partial charge in [-0.05, 0) is 18.2 Å². The van der Waals surface area contributed by atoms with E-state index in [0.29, 0.717) is 18.7 Å². The quantitative estimate of drug-likeness (QED) is 0.796. The lowest BCUT2D eigenvalue weighted by molar-refractivity contribution is 0.0735. The highest BCUT2D eigenvalue weighted by Crippen LogP contribution is 2.21. The number of rotatable bonds is 2. The van der Waals surface area contributed by atoms with E-state index in [4.69, 9.17) is 16.2 Å². The number of hydrogen-bond acceptors (Lipinski definition) is 3. The van der Waals surface area contributed by atoms with Crippen LogP contribution in [-0.2, 0) is 11.1 Å². The fourth-order valence-electron chi connectivity index (χ4n) is 1.82. The lowest BCUT2D eigenvalue weighted by Crippen LogP contribution is -2.46. The van der Waals surface area contributed by atoms with E-state index >= 15 is 0 Å². The van der Waals surface area contributed by atoms with E-state index in [1.807, 2.05) is 0 Å². The number of carbonyl (C=O) groups excluding carboxylic acids is 1. The maximum absolute atomic E-state index is 12.2. The summed E-state index contributed by atoms with van der Waals surface area (Å²) in [4.78, 5) is 13.9. The monoisotopic (exact) mass is 288 g/mol. The van der Waals surface area contributed by atoms with Crippen molar-refractivity contribution in [1.82, 2.24) is 10.2 Å². The molecule has 0 bridgehead atoms. The van der Waals surface area contributed by atoms with Crippen molar-refractivity contribution < 1.29 is 13.6 Å². The summed E-state index contributed by atoms with van der Waals surface area (Å²) in [6.45, 7) is 2.80. The van der Waals surface area contributed by atoms with Crippen LogP contribution in [0.5, 0.6) is 0 Å². The highest BCUT2D eigenvalue weighted by molar-refractivity contribution is 7.79. The standard InChI is InChI=1S/C11H13ClN2O3S/c12-9-2-1-8(7-10(9)18(16)17)11(15)14-5-3-13-4-6-14/h1-2,7,13H,3-6H2,(H,16,17). The molecule has 0 spiro atoms. The normalized spacial score (nSPS) is 17.6. The first-order valence-corrected chi connectivity index (χ1v) is 6.98. The first-order chi connectivity index (χ1) is 8.59. The molecule has 0 aliphatic carbocycles. The number of nitrogens with zero attached hydrogens (tertiary/aromatic N) is 1. The van der Waals surface area contributed by atoms with Crippen LogP contribution in [-0.4, -0.2) is 45.7 Å². The molecule has 0 aromatic heterocycles. The molecular formula is C11H13ClN2O3S. The predicted octanol–water partition coefficient (Wildman–Crippen LogP) is 0.966. The molecule has 1 amide bonds. The third-order valence-electron chi connectivity index (χ3n) is 2.77. The van der Waals surface area contributed by atoms with Crippen LogP contribution in [0.2, 0.25) is 5.02 Å². The van der Waals surface area contributed by atoms with Crippen LogP contribution < -0.4 is 5.32 Å². The zero-order valence-electron chi connectivity index (χ0n) is 9.56. The lowest BCUT2D eigenvalue weighted by Gasteiger charge is -2.27. The summed E-state index contributed by atoms with van der Waals surface area (Å²) in [6.07, 6.45) is 0. The van der Waals surface area contributed by atoms with E-state index in [9.17, 15) is 9.00 Å². The Morgan fingerprint density at radius 3 is 2.67 bits per heavy atom. The van der Waals surface area contributed by atoms with Crippen LogP contribution in [0.15, 0.2) is 23.1 Å². The number of amides is 1. The molecule has 5 nitrogen and oxygen atoms in total. The van der Waals surface area contributed by atoms with Crippen molar-refractivity contribution in [2.45, 2.75) is 4.90 Å². The summed E-state index contributed by atoms with van der Waals surface area (Å²) in [6, 6.07) is 4.42. The molecular weight excluding hydrogens is 276 g/mol. The van der Waals surface area contributed by atoms with Gasteiger partial charge in [0, 0.05) is 31.7 Å². The minimum absolute atomic E-state index is 0.0673. The first-order valence-electron chi connectivity index (χ1n) is 5.50. The summed E-state index contributed by atoms with van der Waals surface area (Å²) >= 11 is 3.61. The number of benzene rings is 1. The van der Waals surface area contributed by atoms with Gasteiger partial charge in [-0.2, -0.15) is 0 Å². The molecule has 2 rings (SSSR count). The van der Waals surface area contributed by atoms with Gasteiger partial charge in [-0.3, -0.25) is 4.79 Å². The second-order valence-electron chi connectivity index (χ2n) is 3.94. The Balaban J connectivity index is 2.24. The molecule has 1 aromatic carbocycles. The van der Waals surface area contributed by atoms with Gasteiger partial charge >= 0.3 is 0 Å². The first kappa shape index (κ1) is 13.5. The molecule has 0 radical (unpaired) electrons. The van der Waals surface area contributed by atoms with Crippen molar-refractivity contribution >= 4 is 28.6 Å². The molecule has 98 valence electrons. The highest BCUT2D eigenvalue weighted by atomic mass is 35.5. The topological polar surface area (TPSA) is 69.6 Å². The maximum atomic E-state index is 12.2. The molecule has 0 saturated carbocycles. The van der Waals surface area contributed by atoms with Crippen molar-refractivity contribution in [1.29, 1.82) is 0 Å². The van der Waals surface area contributed by atoms with Crippen molar-refractivity contribution in [2.75, 3.05) is 26.2 Å². The largest absolute Gasteiger partial charge is 0.336 e. The van der Waals surface area contributed by atoms with Gasteiger partial charge in [0.05, 0.1) is 9.92 Å². The van der Waals surface area contributed by atoms with Crippen molar-refractivity contribution in [3.63, 3.8) is 0 Å². The van der Waals surface area contributed by atoms with Gasteiger partial charge < -0.3 is 14.8 Å². The van der Waals surface area contributed by atoms with Gasteiger partial charge in [0.15, 0.2) is 11.1 Å². The molecule has 1 aliphatic heterocycles. The van der Waals surface area contributed by atoms with Gasteiger partial charge in [-0.15, -0.1) is 0 Å². The van der Waals surface area contributed by atoms with Gasteiger partial charge in [0.2, 0.25) is 0 Å². The Hall–Kier alpha value is -0.950. The Kier molecular flexibility index (Phi) is 4.34. The summed E-state index contributed by atoms with van der Waals surface area (Å²) in [5.41, 5.74) is 0.388. The van der Waals surface area contributed by atoms with Crippen molar-refractivity contribution in [3.05, 3.63) is 28.8 Å². The molecule has 1 saturated heterocycles. The van der Waals surface area contributed by atoms with E-state index < -0.39 is 11.1 Å². The number of halogens is 1. The second kappa shape index (κ2) is 5.79. The maximum Gasteiger partial charge on any atom is 0.253 e. The van der Waals surface area contributed by atoms with Crippen LogP contribution in [0.3, 0.4) is 0 Å². The summed E-state index contributed by atoms with van der Waals surface area (Å²) in [5, 5.41) is 3.34. The Labute approximate surface area is 112 Å². The number of nitrogens with one attached hydrogen (secondary N) is 1. The van der Waals surface area contributed by atoms with Crippen LogP contribution in [0.4, 0.5) is 0 Å². The molecule has 1 fully saturated rings. The SMILES string of the molecule is O=C(c1ccc(Cl)c(S(=O)O)c1)N1CCNCC1. The van der Waals surface area contributed by atoms with Crippen molar-refractivity contribution in [3.8, 4) is 0 Å². The Morgan fingerprint density at radius 1 is 1.39 bits per heavy atom. The summed E-state index contributed by atoms with van der Waals surface area (Å²) in [7, 11) is 0. The molecule has 1 aromatic rings. The molecule has 18 heavy (non-hydrogen) atoms. The molecule has 1 aliphatic rings. The van der Waals surface area contributed by atoms with Gasteiger partial charge in [-0.1, -0.05) is 11.6 Å². The van der Waals surface area contributed by atoms with E-state index in [1.165, 1.54) is 12.1 Å². The van der Waals surface area contributed by atoms with Gasteiger partial charge in [0.25, 0.3) is 5.91 Å². The zero-order valence-corrected chi connectivity index (χ0v) is 11.1. The van der Waals surface area contributed by atoms with Gasteiger partial charge in [-0.25, -0.2) is 4.21 Å². The van der Waals surface area contributed by atoms with E-state index in [1.54, 1.807) is 11.0 Å². The number of piperazine rings is 1. The number of carbonyl (C=O) groups is 1.